The predicted molar refractivity (Wildman–Crippen MR) is 38.8 cm³/mol. The maximum absolute atomic E-state index is 4.85. The molecule has 2 nitrogen and oxygen atoms in total. The quantitative estimate of drug-likeness (QED) is 0.444. The van der Waals surface area contributed by atoms with Gasteiger partial charge in [0.25, 0.3) is 0 Å². The Morgan fingerprint density at radius 2 is 2.25 bits per heavy atom. The normalized spacial score (nSPS) is 9.75. The molecule has 0 radical (unpaired) electrons. The van der Waals surface area contributed by atoms with Gasteiger partial charge in [0.15, 0.2) is 0 Å². The SMILES string of the molecule is COCCCCNP. The number of unbranched alkanes of at least 4 members (excludes halogenated alkanes) is 1. The van der Waals surface area contributed by atoms with Crippen LogP contribution in [0.1, 0.15) is 12.8 Å². The second kappa shape index (κ2) is 7.35. The molecule has 0 fully saturated rings. The first kappa shape index (κ1) is 8.35. The van der Waals surface area contributed by atoms with Crippen LogP contribution in [0.25, 0.3) is 0 Å². The van der Waals surface area contributed by atoms with E-state index in [0.717, 1.165) is 19.6 Å². The second-order valence-corrected chi connectivity index (χ2v) is 2.06. The van der Waals surface area contributed by atoms with E-state index in [-0.39, 0.29) is 0 Å². The molecular formula is C5H14NOP. The van der Waals surface area contributed by atoms with Crippen molar-refractivity contribution in [2.24, 2.45) is 0 Å². The maximum atomic E-state index is 4.85. The third-order valence-corrected chi connectivity index (χ3v) is 1.21. The number of methoxy groups -OCH3 is 1. The lowest BCUT2D eigenvalue weighted by Gasteiger charge is -1.96. The molecule has 1 unspecified atom stereocenters. The topological polar surface area (TPSA) is 21.3 Å². The Hall–Kier alpha value is 0.350. The molecule has 1 atom stereocenters. The number of nitrogens with one attached hydrogen (secondary N) is 1. The Bertz CT molecular complexity index is 37.4. The van der Waals surface area contributed by atoms with Crippen molar-refractivity contribution in [1.82, 2.24) is 5.09 Å². The molecule has 0 amide bonds. The molecule has 0 aliphatic carbocycles. The van der Waals surface area contributed by atoms with E-state index in [0.29, 0.717) is 0 Å². The molecule has 0 rings (SSSR count). The molecule has 1 N–H and O–H groups in total. The molecule has 0 heterocycles. The average molecular weight is 135 g/mol. The van der Waals surface area contributed by atoms with E-state index < -0.39 is 0 Å². The predicted octanol–water partition coefficient (Wildman–Crippen LogP) is 0.793. The lowest BCUT2D eigenvalue weighted by atomic mass is 10.3. The van der Waals surface area contributed by atoms with Crippen molar-refractivity contribution < 1.29 is 4.74 Å². The Morgan fingerprint density at radius 1 is 1.50 bits per heavy atom. The molecule has 0 aromatic rings. The summed E-state index contributed by atoms with van der Waals surface area (Å²) < 4.78 is 4.85. The van der Waals surface area contributed by atoms with E-state index in [1.54, 1.807) is 7.11 Å². The molecule has 0 bridgehead atoms. The Kier molecular flexibility index (Phi) is 7.67. The fraction of sp³-hybridized carbons (Fsp3) is 1.00. The zero-order chi connectivity index (χ0) is 6.24. The van der Waals surface area contributed by atoms with Crippen LogP contribution in [-0.2, 0) is 4.74 Å². The molecule has 3 heteroatoms. The fourth-order valence-electron chi connectivity index (χ4n) is 0.473. The van der Waals surface area contributed by atoms with Gasteiger partial charge in [-0.25, -0.2) is 0 Å². The molecule has 0 aliphatic rings. The minimum absolute atomic E-state index is 0.881. The van der Waals surface area contributed by atoms with Gasteiger partial charge in [0.05, 0.1) is 0 Å². The summed E-state index contributed by atoms with van der Waals surface area (Å²) in [7, 11) is 4.20. The van der Waals surface area contributed by atoms with E-state index in [4.69, 9.17) is 4.74 Å². The highest BCUT2D eigenvalue weighted by atomic mass is 31.0. The minimum atomic E-state index is 0.881. The van der Waals surface area contributed by atoms with Gasteiger partial charge >= 0.3 is 0 Å². The fourth-order valence-corrected chi connectivity index (χ4v) is 0.678. The van der Waals surface area contributed by atoms with E-state index >= 15 is 0 Å². The standard InChI is InChI=1S/C5H14NOP/c1-7-5-3-2-4-6-8/h6H,2-5,8H2,1H3. The summed E-state index contributed by atoms with van der Waals surface area (Å²) >= 11 is 0. The highest BCUT2D eigenvalue weighted by molar-refractivity contribution is 7.13. The molecule has 0 aromatic carbocycles. The third-order valence-electron chi connectivity index (χ3n) is 0.920. The summed E-state index contributed by atoms with van der Waals surface area (Å²) in [5, 5.41) is 2.99. The van der Waals surface area contributed by atoms with Gasteiger partial charge in [-0.2, -0.15) is 0 Å². The maximum Gasteiger partial charge on any atom is 0.0462 e. The van der Waals surface area contributed by atoms with Gasteiger partial charge < -0.3 is 9.82 Å². The van der Waals surface area contributed by atoms with Gasteiger partial charge in [0.1, 0.15) is 0 Å². The van der Waals surface area contributed by atoms with Gasteiger partial charge in [-0.1, -0.05) is 9.39 Å². The summed E-state index contributed by atoms with van der Waals surface area (Å²) in [6.45, 7) is 1.94. The summed E-state index contributed by atoms with van der Waals surface area (Å²) in [4.78, 5) is 0. The van der Waals surface area contributed by atoms with Crippen LogP contribution in [0.15, 0.2) is 0 Å². The van der Waals surface area contributed by atoms with E-state index in [9.17, 15) is 0 Å². The monoisotopic (exact) mass is 135 g/mol. The molecule has 50 valence electrons. The smallest absolute Gasteiger partial charge is 0.0462 e. The van der Waals surface area contributed by atoms with Gasteiger partial charge in [-0.3, -0.25) is 0 Å². The second-order valence-electron chi connectivity index (χ2n) is 1.65. The average Bonchev–Trinajstić information content (AvgIpc) is 1.81. The Balaban J connectivity index is 2.53. The van der Waals surface area contributed by atoms with Crippen molar-refractivity contribution in [3.05, 3.63) is 0 Å². The van der Waals surface area contributed by atoms with Crippen LogP contribution in [0.5, 0.6) is 0 Å². The van der Waals surface area contributed by atoms with Gasteiger partial charge in [-0.15, -0.1) is 0 Å². The van der Waals surface area contributed by atoms with Crippen LogP contribution in [0.4, 0.5) is 0 Å². The van der Waals surface area contributed by atoms with E-state index in [1.807, 2.05) is 0 Å². The summed E-state index contributed by atoms with van der Waals surface area (Å²) in [6.07, 6.45) is 2.34. The number of rotatable bonds is 5. The third kappa shape index (κ3) is 6.35. The van der Waals surface area contributed by atoms with Crippen molar-refractivity contribution >= 4 is 9.39 Å². The molecule has 0 spiro atoms. The van der Waals surface area contributed by atoms with Gasteiger partial charge in [0.2, 0.25) is 0 Å². The lowest BCUT2D eigenvalue weighted by Crippen LogP contribution is -2.01. The van der Waals surface area contributed by atoms with E-state index in [2.05, 4.69) is 14.5 Å². The van der Waals surface area contributed by atoms with Gasteiger partial charge in [0, 0.05) is 13.7 Å². The highest BCUT2D eigenvalue weighted by Crippen LogP contribution is 1.86. The summed E-state index contributed by atoms with van der Waals surface area (Å²) in [5.74, 6) is 0. The van der Waals surface area contributed by atoms with Crippen LogP contribution >= 0.6 is 9.39 Å². The largest absolute Gasteiger partial charge is 0.385 e. The van der Waals surface area contributed by atoms with E-state index in [1.165, 1.54) is 6.42 Å². The number of hydrogen-bond donors (Lipinski definition) is 1. The van der Waals surface area contributed by atoms with Gasteiger partial charge in [-0.05, 0) is 19.4 Å². The number of hydrogen-bond acceptors (Lipinski definition) is 2. The molecule has 0 saturated carbocycles. The zero-order valence-corrected chi connectivity index (χ0v) is 6.47. The van der Waals surface area contributed by atoms with Crippen LogP contribution in [0.2, 0.25) is 0 Å². The highest BCUT2D eigenvalue weighted by Gasteiger charge is 1.82. The van der Waals surface area contributed by atoms with Crippen molar-refractivity contribution in [1.29, 1.82) is 0 Å². The Labute approximate surface area is 53.2 Å². The van der Waals surface area contributed by atoms with Crippen LogP contribution in [0, 0.1) is 0 Å². The molecule has 8 heavy (non-hydrogen) atoms. The first-order chi connectivity index (χ1) is 3.91. The first-order valence-electron chi connectivity index (χ1n) is 2.84. The van der Waals surface area contributed by atoms with Crippen molar-refractivity contribution in [3.63, 3.8) is 0 Å². The molecule has 0 aliphatic heterocycles. The summed E-state index contributed by atoms with van der Waals surface area (Å²) in [6, 6.07) is 0. The molecule has 0 aromatic heterocycles. The molecule has 0 saturated heterocycles. The zero-order valence-electron chi connectivity index (χ0n) is 5.31. The minimum Gasteiger partial charge on any atom is -0.385 e. The van der Waals surface area contributed by atoms with Crippen molar-refractivity contribution in [2.45, 2.75) is 12.8 Å². The Morgan fingerprint density at radius 3 is 2.75 bits per heavy atom. The first-order valence-corrected chi connectivity index (χ1v) is 3.42. The lowest BCUT2D eigenvalue weighted by molar-refractivity contribution is 0.193. The van der Waals surface area contributed by atoms with Crippen molar-refractivity contribution in [2.75, 3.05) is 20.3 Å². The molecular weight excluding hydrogens is 121 g/mol. The number of ether oxygens (including phenoxy) is 1. The summed E-state index contributed by atoms with van der Waals surface area (Å²) in [5.41, 5.74) is 0. The van der Waals surface area contributed by atoms with Crippen LogP contribution < -0.4 is 5.09 Å². The van der Waals surface area contributed by atoms with Crippen molar-refractivity contribution in [3.8, 4) is 0 Å². The van der Waals surface area contributed by atoms with Crippen LogP contribution in [-0.4, -0.2) is 20.3 Å². The van der Waals surface area contributed by atoms with Crippen LogP contribution in [0.3, 0.4) is 0 Å².